The molecule has 0 aliphatic heterocycles. The standard InChI is InChI=1S/C8H8N2O4.C8H10N2O2/c1-5-3-4-7(9(11)12)6(2)8(5)10(13)14;1-5-3-4-7(9)6(2)8(5)10(11)12/h3-4H,1-2H3;3-4H,9H2,1-2H3. The Balaban J connectivity index is 0.000000263. The molecule has 0 aromatic heterocycles. The van der Waals surface area contributed by atoms with Gasteiger partial charge in [0.15, 0.2) is 0 Å². The number of nitrogens with two attached hydrogens (primary N) is 1. The van der Waals surface area contributed by atoms with Crippen LogP contribution in [0.1, 0.15) is 22.3 Å². The van der Waals surface area contributed by atoms with Crippen molar-refractivity contribution in [2.75, 3.05) is 5.73 Å². The van der Waals surface area contributed by atoms with Crippen LogP contribution in [0.3, 0.4) is 0 Å². The molecule has 138 valence electrons. The van der Waals surface area contributed by atoms with E-state index in [1.54, 1.807) is 32.9 Å². The second kappa shape index (κ2) is 8.01. The molecule has 0 radical (unpaired) electrons. The number of hydrogen-bond acceptors (Lipinski definition) is 7. The van der Waals surface area contributed by atoms with Crippen molar-refractivity contribution < 1.29 is 14.8 Å². The van der Waals surface area contributed by atoms with Gasteiger partial charge in [-0.3, -0.25) is 30.3 Å². The van der Waals surface area contributed by atoms with Crippen molar-refractivity contribution in [1.82, 2.24) is 0 Å². The predicted octanol–water partition coefficient (Wildman–Crippen LogP) is 3.91. The van der Waals surface area contributed by atoms with Crippen LogP contribution in [0.25, 0.3) is 0 Å². The van der Waals surface area contributed by atoms with E-state index in [4.69, 9.17) is 5.73 Å². The molecule has 10 nitrogen and oxygen atoms in total. The van der Waals surface area contributed by atoms with Crippen molar-refractivity contribution in [2.45, 2.75) is 27.7 Å². The molecule has 0 saturated carbocycles. The zero-order chi connectivity index (χ0) is 20.2. The molecule has 0 fully saturated rings. The Morgan fingerprint density at radius 2 is 1.12 bits per heavy atom. The molecule has 26 heavy (non-hydrogen) atoms. The van der Waals surface area contributed by atoms with Crippen LogP contribution in [0, 0.1) is 58.0 Å². The van der Waals surface area contributed by atoms with Gasteiger partial charge in [-0.25, -0.2) is 0 Å². The summed E-state index contributed by atoms with van der Waals surface area (Å²) in [5, 5.41) is 31.6. The molecule has 0 heterocycles. The van der Waals surface area contributed by atoms with Crippen molar-refractivity contribution in [3.05, 3.63) is 76.9 Å². The van der Waals surface area contributed by atoms with E-state index >= 15 is 0 Å². The lowest BCUT2D eigenvalue weighted by Gasteiger charge is -2.02. The highest BCUT2D eigenvalue weighted by atomic mass is 16.6. The lowest BCUT2D eigenvalue weighted by atomic mass is 10.1. The average molecular weight is 362 g/mol. The van der Waals surface area contributed by atoms with Crippen molar-refractivity contribution in [2.24, 2.45) is 0 Å². The van der Waals surface area contributed by atoms with Gasteiger partial charge in [0, 0.05) is 28.4 Å². The molecule has 0 aliphatic carbocycles. The summed E-state index contributed by atoms with van der Waals surface area (Å²) in [5.74, 6) is 0. The van der Waals surface area contributed by atoms with Crippen molar-refractivity contribution in [3.63, 3.8) is 0 Å². The molecule has 0 unspecified atom stereocenters. The minimum absolute atomic E-state index is 0.0972. The predicted molar refractivity (Wildman–Crippen MR) is 96.2 cm³/mol. The third kappa shape index (κ3) is 4.29. The largest absolute Gasteiger partial charge is 0.398 e. The Kier molecular flexibility index (Phi) is 6.31. The van der Waals surface area contributed by atoms with Crippen molar-refractivity contribution >= 4 is 22.7 Å². The van der Waals surface area contributed by atoms with Crippen LogP contribution in [-0.4, -0.2) is 14.8 Å². The highest BCUT2D eigenvalue weighted by Crippen LogP contribution is 2.30. The SMILES string of the molecule is Cc1ccc(N)c(C)c1[N+](=O)[O-].Cc1ccc([N+](=O)[O-])c(C)c1[N+](=O)[O-]. The molecule has 2 aromatic carbocycles. The van der Waals surface area contributed by atoms with Crippen LogP contribution in [0.5, 0.6) is 0 Å². The first-order valence-electron chi connectivity index (χ1n) is 7.38. The maximum atomic E-state index is 10.6. The number of nitro groups is 3. The number of benzene rings is 2. The smallest absolute Gasteiger partial charge is 0.282 e. The van der Waals surface area contributed by atoms with Crippen LogP contribution in [0.15, 0.2) is 24.3 Å². The maximum absolute atomic E-state index is 10.6. The van der Waals surface area contributed by atoms with E-state index in [1.807, 2.05) is 0 Å². The molecule has 2 aromatic rings. The Hall–Kier alpha value is -3.56. The summed E-state index contributed by atoms with van der Waals surface area (Å²) in [6.07, 6.45) is 0. The number of rotatable bonds is 3. The molecule has 0 bridgehead atoms. The normalized spacial score (nSPS) is 9.85. The number of nitro benzene ring substituents is 3. The van der Waals surface area contributed by atoms with Crippen LogP contribution < -0.4 is 5.73 Å². The van der Waals surface area contributed by atoms with Gasteiger partial charge >= 0.3 is 0 Å². The second-order valence-corrected chi connectivity index (χ2v) is 5.59. The first kappa shape index (κ1) is 20.5. The van der Waals surface area contributed by atoms with Gasteiger partial charge in [-0.1, -0.05) is 6.07 Å². The zero-order valence-electron chi connectivity index (χ0n) is 14.7. The summed E-state index contributed by atoms with van der Waals surface area (Å²) in [7, 11) is 0. The highest BCUT2D eigenvalue weighted by molar-refractivity contribution is 5.60. The topological polar surface area (TPSA) is 155 Å². The van der Waals surface area contributed by atoms with Crippen LogP contribution in [0.4, 0.5) is 22.7 Å². The van der Waals surface area contributed by atoms with Gasteiger partial charge in [0.1, 0.15) is 5.56 Å². The minimum Gasteiger partial charge on any atom is -0.398 e. The first-order chi connectivity index (χ1) is 12.0. The Bertz CT molecular complexity index is 895. The van der Waals surface area contributed by atoms with Crippen molar-refractivity contribution in [1.29, 1.82) is 0 Å². The summed E-state index contributed by atoms with van der Waals surface area (Å²) in [4.78, 5) is 30.0. The molecular formula is C16H18N4O6. The van der Waals surface area contributed by atoms with Crippen LogP contribution in [-0.2, 0) is 0 Å². The summed E-state index contributed by atoms with van der Waals surface area (Å²) >= 11 is 0. The number of nitrogen functional groups attached to an aromatic ring is 1. The molecule has 0 spiro atoms. The fraction of sp³-hybridized carbons (Fsp3) is 0.250. The lowest BCUT2D eigenvalue weighted by Crippen LogP contribution is -1.99. The Labute approximate surface area is 148 Å². The van der Waals surface area contributed by atoms with Gasteiger partial charge in [-0.05, 0) is 39.8 Å². The van der Waals surface area contributed by atoms with Crippen LogP contribution in [0.2, 0.25) is 0 Å². The molecule has 0 saturated heterocycles. The monoisotopic (exact) mass is 362 g/mol. The van der Waals surface area contributed by atoms with E-state index in [-0.39, 0.29) is 22.6 Å². The van der Waals surface area contributed by atoms with E-state index < -0.39 is 14.8 Å². The Morgan fingerprint density at radius 3 is 1.50 bits per heavy atom. The number of nitrogens with zero attached hydrogens (tertiary/aromatic N) is 3. The van der Waals surface area contributed by atoms with E-state index in [2.05, 4.69) is 0 Å². The van der Waals surface area contributed by atoms with Gasteiger partial charge in [-0.15, -0.1) is 0 Å². The summed E-state index contributed by atoms with van der Waals surface area (Å²) < 4.78 is 0. The summed E-state index contributed by atoms with van der Waals surface area (Å²) in [5.41, 5.74) is 7.42. The molecule has 0 atom stereocenters. The van der Waals surface area contributed by atoms with Crippen molar-refractivity contribution in [3.8, 4) is 0 Å². The molecule has 2 rings (SSSR count). The minimum atomic E-state index is -0.623. The van der Waals surface area contributed by atoms with Gasteiger partial charge in [-0.2, -0.15) is 0 Å². The van der Waals surface area contributed by atoms with E-state index in [0.717, 1.165) is 0 Å². The molecular weight excluding hydrogens is 344 g/mol. The third-order valence-corrected chi connectivity index (χ3v) is 3.84. The quantitative estimate of drug-likeness (QED) is 0.492. The first-order valence-corrected chi connectivity index (χ1v) is 7.38. The van der Waals surface area contributed by atoms with E-state index in [9.17, 15) is 30.3 Å². The fourth-order valence-corrected chi connectivity index (χ4v) is 2.44. The van der Waals surface area contributed by atoms with Gasteiger partial charge < -0.3 is 5.73 Å². The second-order valence-electron chi connectivity index (χ2n) is 5.59. The average Bonchev–Trinajstić information content (AvgIpc) is 2.51. The summed E-state index contributed by atoms with van der Waals surface area (Å²) in [6.45, 7) is 6.28. The van der Waals surface area contributed by atoms with Gasteiger partial charge in [0.25, 0.3) is 17.1 Å². The third-order valence-electron chi connectivity index (χ3n) is 3.84. The van der Waals surface area contributed by atoms with E-state index in [1.165, 1.54) is 19.1 Å². The summed E-state index contributed by atoms with van der Waals surface area (Å²) in [6, 6.07) is 5.99. The highest BCUT2D eigenvalue weighted by Gasteiger charge is 2.23. The van der Waals surface area contributed by atoms with Crippen LogP contribution >= 0.6 is 0 Å². The maximum Gasteiger partial charge on any atom is 0.282 e. The van der Waals surface area contributed by atoms with Gasteiger partial charge in [0.05, 0.1) is 14.8 Å². The number of aryl methyl sites for hydroxylation is 2. The molecule has 0 aliphatic rings. The lowest BCUT2D eigenvalue weighted by molar-refractivity contribution is -0.395. The zero-order valence-corrected chi connectivity index (χ0v) is 14.7. The fourth-order valence-electron chi connectivity index (χ4n) is 2.44. The van der Waals surface area contributed by atoms with E-state index in [0.29, 0.717) is 22.4 Å². The number of hydrogen-bond donors (Lipinski definition) is 1. The van der Waals surface area contributed by atoms with Gasteiger partial charge in [0.2, 0.25) is 0 Å². The molecule has 0 amide bonds. The molecule has 2 N–H and O–H groups in total. The number of anilines is 1. The molecule has 10 heteroatoms. The Morgan fingerprint density at radius 1 is 0.692 bits per heavy atom.